The van der Waals surface area contributed by atoms with E-state index in [1.54, 1.807) is 0 Å². The van der Waals surface area contributed by atoms with Gasteiger partial charge in [0.1, 0.15) is 0 Å². The van der Waals surface area contributed by atoms with Crippen LogP contribution in [0.4, 0.5) is 0 Å². The average molecular weight is 307 g/mol. The summed E-state index contributed by atoms with van der Waals surface area (Å²) in [6.07, 6.45) is 0. The van der Waals surface area contributed by atoms with E-state index in [-0.39, 0.29) is 39.6 Å². The Morgan fingerprint density at radius 1 is 1.43 bits per heavy atom. The van der Waals surface area contributed by atoms with Crippen molar-refractivity contribution in [3.8, 4) is 0 Å². The summed E-state index contributed by atoms with van der Waals surface area (Å²) in [4.78, 5) is 0. The molecule has 1 nitrogen and oxygen atoms in total. The Labute approximate surface area is 71.6 Å². The first-order valence-corrected chi connectivity index (χ1v) is 1.92. The van der Waals surface area contributed by atoms with Gasteiger partial charge in [0.15, 0.2) is 0 Å². The van der Waals surface area contributed by atoms with Crippen molar-refractivity contribution in [2.75, 3.05) is 6.54 Å². The summed E-state index contributed by atoms with van der Waals surface area (Å²) in [5.74, 6) is 0.551. The SMILES string of the molecule is CC(C)C[NH-].[V].[W]. The number of hydrogen-bond acceptors (Lipinski definition) is 0. The van der Waals surface area contributed by atoms with Gasteiger partial charge in [-0.3, -0.25) is 0 Å². The topological polar surface area (TPSA) is 23.8 Å². The number of nitrogens with one attached hydrogen (secondary N) is 1. The molecule has 0 aromatic heterocycles. The third-order valence-corrected chi connectivity index (χ3v) is 0.408. The molecular formula is C4H10NVW-. The van der Waals surface area contributed by atoms with Crippen LogP contribution in [-0.2, 0) is 39.6 Å². The van der Waals surface area contributed by atoms with Crippen LogP contribution in [0.1, 0.15) is 13.8 Å². The molecule has 0 aliphatic heterocycles. The van der Waals surface area contributed by atoms with Crippen LogP contribution in [0.3, 0.4) is 0 Å². The van der Waals surface area contributed by atoms with E-state index < -0.39 is 0 Å². The first kappa shape index (κ1) is 15.7. The number of hydrogen-bond donors (Lipinski definition) is 0. The van der Waals surface area contributed by atoms with Gasteiger partial charge in [-0.2, -0.15) is 0 Å². The second-order valence-electron chi connectivity index (χ2n) is 1.60. The van der Waals surface area contributed by atoms with Gasteiger partial charge in [-0.25, -0.2) is 0 Å². The summed E-state index contributed by atoms with van der Waals surface area (Å²) in [6.45, 7) is 4.62. The molecule has 0 aromatic rings. The zero-order valence-electron chi connectivity index (χ0n) is 4.64. The summed E-state index contributed by atoms with van der Waals surface area (Å²) in [7, 11) is 0. The van der Waals surface area contributed by atoms with Gasteiger partial charge in [0.25, 0.3) is 0 Å². The molecule has 7 heavy (non-hydrogen) atoms. The molecule has 1 radical (unpaired) electrons. The molecule has 3 heteroatoms. The molecule has 0 heterocycles. The fraction of sp³-hybridized carbons (Fsp3) is 1.00. The van der Waals surface area contributed by atoms with Crippen LogP contribution < -0.4 is 0 Å². The normalized spacial score (nSPS) is 6.86. The minimum atomic E-state index is 0. The van der Waals surface area contributed by atoms with Crippen molar-refractivity contribution in [1.82, 2.24) is 0 Å². The van der Waals surface area contributed by atoms with Crippen LogP contribution in [0, 0.1) is 5.92 Å². The monoisotopic (exact) mass is 307 g/mol. The van der Waals surface area contributed by atoms with Gasteiger partial charge in [0, 0.05) is 39.6 Å². The van der Waals surface area contributed by atoms with E-state index in [2.05, 4.69) is 0 Å². The summed E-state index contributed by atoms with van der Waals surface area (Å²) in [5, 5.41) is 0. The van der Waals surface area contributed by atoms with Crippen LogP contribution in [0.2, 0.25) is 0 Å². The molecule has 0 saturated heterocycles. The minimum Gasteiger partial charge on any atom is -0.677 e. The molecule has 0 fully saturated rings. The molecule has 0 atom stereocenters. The third kappa shape index (κ3) is 19.0. The van der Waals surface area contributed by atoms with Crippen molar-refractivity contribution >= 4 is 0 Å². The fourth-order valence-corrected chi connectivity index (χ4v) is 0. The van der Waals surface area contributed by atoms with Crippen molar-refractivity contribution in [1.29, 1.82) is 0 Å². The van der Waals surface area contributed by atoms with Gasteiger partial charge in [-0.15, -0.1) is 6.54 Å². The van der Waals surface area contributed by atoms with Gasteiger partial charge in [-0.05, 0) is 0 Å². The Morgan fingerprint density at radius 3 is 1.57 bits per heavy atom. The molecule has 0 spiro atoms. The molecule has 1 N–H and O–H groups in total. The predicted octanol–water partition coefficient (Wildman–Crippen LogP) is 1.69. The van der Waals surface area contributed by atoms with Crippen LogP contribution in [-0.4, -0.2) is 6.54 Å². The van der Waals surface area contributed by atoms with Crippen LogP contribution in [0.15, 0.2) is 0 Å². The largest absolute Gasteiger partial charge is 0.677 e. The summed E-state index contributed by atoms with van der Waals surface area (Å²) in [5.41, 5.74) is 6.66. The van der Waals surface area contributed by atoms with Crippen LogP contribution in [0.25, 0.3) is 5.73 Å². The summed E-state index contributed by atoms with van der Waals surface area (Å²) in [6, 6.07) is 0. The van der Waals surface area contributed by atoms with Crippen LogP contribution in [0.5, 0.6) is 0 Å². The molecule has 43 valence electrons. The van der Waals surface area contributed by atoms with Crippen molar-refractivity contribution in [2.45, 2.75) is 13.8 Å². The molecular weight excluding hydrogens is 297 g/mol. The van der Waals surface area contributed by atoms with Crippen molar-refractivity contribution in [3.63, 3.8) is 0 Å². The first-order valence-electron chi connectivity index (χ1n) is 1.92. The first-order chi connectivity index (χ1) is 2.27. The molecule has 0 rings (SSSR count). The second-order valence-corrected chi connectivity index (χ2v) is 1.60. The van der Waals surface area contributed by atoms with Gasteiger partial charge >= 0.3 is 0 Å². The van der Waals surface area contributed by atoms with Crippen molar-refractivity contribution in [2.24, 2.45) is 5.92 Å². The van der Waals surface area contributed by atoms with Gasteiger partial charge < -0.3 is 5.73 Å². The number of rotatable bonds is 1. The standard InChI is InChI=1S/C4H10N.V.W/c1-4(2)3-5;;/h4-5H,3H2,1-2H3;;/q-1;;. The molecule has 0 aliphatic carbocycles. The van der Waals surface area contributed by atoms with E-state index in [0.29, 0.717) is 12.5 Å². The third-order valence-electron chi connectivity index (χ3n) is 0.408. The van der Waals surface area contributed by atoms with Gasteiger partial charge in [-0.1, -0.05) is 19.8 Å². The van der Waals surface area contributed by atoms with E-state index in [0.717, 1.165) is 0 Å². The Hall–Kier alpha value is 1.23. The van der Waals surface area contributed by atoms with E-state index in [9.17, 15) is 0 Å². The summed E-state index contributed by atoms with van der Waals surface area (Å²) >= 11 is 0. The smallest absolute Gasteiger partial charge is 0 e. The fourth-order valence-electron chi connectivity index (χ4n) is 0. The second kappa shape index (κ2) is 10.3. The zero-order valence-corrected chi connectivity index (χ0v) is 8.97. The molecule has 0 bridgehead atoms. The average Bonchev–Trinajstić information content (AvgIpc) is 1.38. The van der Waals surface area contributed by atoms with E-state index in [1.165, 1.54) is 0 Å². The van der Waals surface area contributed by atoms with Gasteiger partial charge in [0.05, 0.1) is 0 Å². The van der Waals surface area contributed by atoms with Gasteiger partial charge in [0.2, 0.25) is 0 Å². The Bertz CT molecular complexity index is 25.7. The van der Waals surface area contributed by atoms with E-state index in [1.807, 2.05) is 13.8 Å². The predicted molar refractivity (Wildman–Crippen MR) is 24.0 cm³/mol. The minimum absolute atomic E-state index is 0. The molecule has 0 saturated carbocycles. The molecule has 0 amide bonds. The Balaban J connectivity index is -0.0000000800. The van der Waals surface area contributed by atoms with Crippen molar-refractivity contribution in [3.05, 3.63) is 5.73 Å². The maximum absolute atomic E-state index is 6.66. The molecule has 0 aromatic carbocycles. The maximum atomic E-state index is 6.66. The van der Waals surface area contributed by atoms with Crippen LogP contribution >= 0.6 is 0 Å². The summed E-state index contributed by atoms with van der Waals surface area (Å²) < 4.78 is 0. The Morgan fingerprint density at radius 2 is 1.57 bits per heavy atom. The zero-order chi connectivity index (χ0) is 4.28. The maximum Gasteiger partial charge on any atom is 0 e. The Kier molecular flexibility index (Phi) is 23.1. The quantitative estimate of drug-likeness (QED) is 0.704. The molecule has 0 aliphatic rings. The van der Waals surface area contributed by atoms with Crippen molar-refractivity contribution < 1.29 is 39.6 Å². The van der Waals surface area contributed by atoms with E-state index in [4.69, 9.17) is 5.73 Å². The molecule has 0 unspecified atom stereocenters. The van der Waals surface area contributed by atoms with E-state index >= 15 is 0 Å².